The van der Waals surface area contributed by atoms with Crippen LogP contribution < -0.4 is 5.32 Å². The molecule has 1 N–H and O–H groups in total. The number of hydrogen-bond donors (Lipinski definition) is 1. The molecule has 0 aliphatic heterocycles. The molecule has 0 aromatic carbocycles. The SMILES string of the molecule is CCCNC1CC(C)CC(C)C1OCC(C)CCC. The fourth-order valence-electron chi connectivity index (χ4n) is 3.49. The van der Waals surface area contributed by atoms with Crippen molar-refractivity contribution in [3.8, 4) is 0 Å². The van der Waals surface area contributed by atoms with Gasteiger partial charge in [0.15, 0.2) is 0 Å². The molecule has 0 saturated heterocycles. The fourth-order valence-corrected chi connectivity index (χ4v) is 3.49. The van der Waals surface area contributed by atoms with E-state index in [1.54, 1.807) is 0 Å². The van der Waals surface area contributed by atoms with Gasteiger partial charge in [-0.05, 0) is 50.0 Å². The number of ether oxygens (including phenoxy) is 1. The molecule has 0 aromatic rings. The van der Waals surface area contributed by atoms with Crippen molar-refractivity contribution in [1.82, 2.24) is 5.32 Å². The second-order valence-electron chi connectivity index (χ2n) is 6.81. The van der Waals surface area contributed by atoms with Gasteiger partial charge < -0.3 is 10.1 Å². The molecule has 1 aliphatic rings. The van der Waals surface area contributed by atoms with E-state index in [4.69, 9.17) is 4.74 Å². The Morgan fingerprint density at radius 2 is 1.89 bits per heavy atom. The van der Waals surface area contributed by atoms with Gasteiger partial charge in [0.05, 0.1) is 6.10 Å². The van der Waals surface area contributed by atoms with Crippen molar-refractivity contribution < 1.29 is 4.74 Å². The summed E-state index contributed by atoms with van der Waals surface area (Å²) in [6.07, 6.45) is 6.76. The molecule has 114 valence electrons. The number of rotatable bonds is 8. The third-order valence-corrected chi connectivity index (χ3v) is 4.40. The van der Waals surface area contributed by atoms with E-state index >= 15 is 0 Å². The van der Waals surface area contributed by atoms with Crippen LogP contribution in [-0.2, 0) is 4.74 Å². The lowest BCUT2D eigenvalue weighted by Crippen LogP contribution is -2.50. The molecule has 0 amide bonds. The molecule has 2 heteroatoms. The zero-order chi connectivity index (χ0) is 14.3. The van der Waals surface area contributed by atoms with E-state index in [-0.39, 0.29) is 0 Å². The van der Waals surface area contributed by atoms with Gasteiger partial charge in [-0.15, -0.1) is 0 Å². The first-order valence-electron chi connectivity index (χ1n) is 8.43. The Bertz CT molecular complexity index is 231. The summed E-state index contributed by atoms with van der Waals surface area (Å²) in [5, 5.41) is 3.71. The third-order valence-electron chi connectivity index (χ3n) is 4.40. The zero-order valence-electron chi connectivity index (χ0n) is 13.7. The van der Waals surface area contributed by atoms with E-state index in [1.165, 1.54) is 32.1 Å². The van der Waals surface area contributed by atoms with Crippen LogP contribution in [0, 0.1) is 17.8 Å². The Balaban J connectivity index is 2.48. The van der Waals surface area contributed by atoms with Gasteiger partial charge in [0.2, 0.25) is 0 Å². The first kappa shape index (κ1) is 17.0. The Morgan fingerprint density at radius 1 is 1.16 bits per heavy atom. The second kappa shape index (κ2) is 8.97. The van der Waals surface area contributed by atoms with Crippen molar-refractivity contribution in [2.75, 3.05) is 13.2 Å². The fraction of sp³-hybridized carbons (Fsp3) is 1.00. The first-order chi connectivity index (χ1) is 9.08. The van der Waals surface area contributed by atoms with Crippen LogP contribution in [0.2, 0.25) is 0 Å². The summed E-state index contributed by atoms with van der Waals surface area (Å²) in [5.41, 5.74) is 0. The maximum absolute atomic E-state index is 6.31. The topological polar surface area (TPSA) is 21.3 Å². The lowest BCUT2D eigenvalue weighted by atomic mass is 9.78. The smallest absolute Gasteiger partial charge is 0.0753 e. The van der Waals surface area contributed by atoms with Crippen molar-refractivity contribution >= 4 is 0 Å². The number of nitrogens with one attached hydrogen (secondary N) is 1. The maximum Gasteiger partial charge on any atom is 0.0753 e. The lowest BCUT2D eigenvalue weighted by molar-refractivity contribution is -0.0498. The largest absolute Gasteiger partial charge is 0.376 e. The minimum absolute atomic E-state index is 0.419. The average molecular weight is 269 g/mol. The average Bonchev–Trinajstić information content (AvgIpc) is 2.35. The number of hydrogen-bond acceptors (Lipinski definition) is 2. The summed E-state index contributed by atoms with van der Waals surface area (Å²) in [5.74, 6) is 2.22. The molecule has 0 spiro atoms. The highest BCUT2D eigenvalue weighted by Crippen LogP contribution is 2.31. The molecular formula is C17H35NO. The minimum atomic E-state index is 0.419. The van der Waals surface area contributed by atoms with Crippen LogP contribution in [0.3, 0.4) is 0 Å². The monoisotopic (exact) mass is 269 g/mol. The van der Waals surface area contributed by atoms with E-state index in [0.717, 1.165) is 19.1 Å². The summed E-state index contributed by atoms with van der Waals surface area (Å²) in [6, 6.07) is 0.563. The van der Waals surface area contributed by atoms with Crippen LogP contribution in [0.4, 0.5) is 0 Å². The Hall–Kier alpha value is -0.0800. The van der Waals surface area contributed by atoms with E-state index in [0.29, 0.717) is 24.0 Å². The van der Waals surface area contributed by atoms with Gasteiger partial charge >= 0.3 is 0 Å². The molecule has 5 unspecified atom stereocenters. The summed E-state index contributed by atoms with van der Waals surface area (Å²) in [4.78, 5) is 0. The molecule has 0 heterocycles. The molecule has 1 fully saturated rings. The third kappa shape index (κ3) is 5.83. The van der Waals surface area contributed by atoms with Gasteiger partial charge in [-0.3, -0.25) is 0 Å². The van der Waals surface area contributed by atoms with Crippen molar-refractivity contribution in [3.05, 3.63) is 0 Å². The minimum Gasteiger partial charge on any atom is -0.376 e. The molecular weight excluding hydrogens is 234 g/mol. The molecule has 2 nitrogen and oxygen atoms in total. The highest BCUT2D eigenvalue weighted by molar-refractivity contribution is 4.88. The first-order valence-corrected chi connectivity index (χ1v) is 8.43. The van der Waals surface area contributed by atoms with Crippen molar-refractivity contribution in [1.29, 1.82) is 0 Å². The van der Waals surface area contributed by atoms with Crippen LogP contribution in [0.5, 0.6) is 0 Å². The Kier molecular flexibility index (Phi) is 8.01. The van der Waals surface area contributed by atoms with Gasteiger partial charge in [-0.25, -0.2) is 0 Å². The summed E-state index contributed by atoms with van der Waals surface area (Å²) in [7, 11) is 0. The molecule has 0 bridgehead atoms. The quantitative estimate of drug-likeness (QED) is 0.711. The van der Waals surface area contributed by atoms with Crippen LogP contribution in [-0.4, -0.2) is 25.3 Å². The lowest BCUT2D eigenvalue weighted by Gasteiger charge is -2.40. The summed E-state index contributed by atoms with van der Waals surface area (Å²) < 4.78 is 6.31. The van der Waals surface area contributed by atoms with E-state index in [9.17, 15) is 0 Å². The predicted octanol–water partition coefficient (Wildman–Crippen LogP) is 4.24. The molecule has 0 radical (unpaired) electrons. The molecule has 19 heavy (non-hydrogen) atoms. The standard InChI is InChI=1S/C17H35NO/c1-6-8-13(3)12-19-17-15(5)10-14(4)11-16(17)18-9-7-2/h13-18H,6-12H2,1-5H3. The van der Waals surface area contributed by atoms with E-state index in [1.807, 2.05) is 0 Å². The van der Waals surface area contributed by atoms with Gasteiger partial charge in [-0.1, -0.05) is 41.0 Å². The van der Waals surface area contributed by atoms with E-state index < -0.39 is 0 Å². The Labute approximate surface area is 120 Å². The Morgan fingerprint density at radius 3 is 2.53 bits per heavy atom. The maximum atomic E-state index is 6.31. The highest BCUT2D eigenvalue weighted by Gasteiger charge is 2.34. The molecule has 1 saturated carbocycles. The van der Waals surface area contributed by atoms with Crippen LogP contribution in [0.25, 0.3) is 0 Å². The summed E-state index contributed by atoms with van der Waals surface area (Å²) >= 11 is 0. The zero-order valence-corrected chi connectivity index (χ0v) is 13.7. The van der Waals surface area contributed by atoms with Gasteiger partial charge in [0.1, 0.15) is 0 Å². The molecule has 0 aromatic heterocycles. The van der Waals surface area contributed by atoms with Crippen molar-refractivity contribution in [2.24, 2.45) is 17.8 Å². The van der Waals surface area contributed by atoms with Gasteiger partial charge in [-0.2, -0.15) is 0 Å². The van der Waals surface area contributed by atoms with Crippen LogP contribution >= 0.6 is 0 Å². The second-order valence-corrected chi connectivity index (χ2v) is 6.81. The normalized spacial score (nSPS) is 33.3. The van der Waals surface area contributed by atoms with Crippen molar-refractivity contribution in [3.63, 3.8) is 0 Å². The van der Waals surface area contributed by atoms with E-state index in [2.05, 4.69) is 39.9 Å². The van der Waals surface area contributed by atoms with Crippen LogP contribution in [0.1, 0.15) is 66.7 Å². The molecule has 1 aliphatic carbocycles. The predicted molar refractivity (Wildman–Crippen MR) is 83.5 cm³/mol. The van der Waals surface area contributed by atoms with Gasteiger partial charge in [0.25, 0.3) is 0 Å². The van der Waals surface area contributed by atoms with Crippen molar-refractivity contribution in [2.45, 2.75) is 78.9 Å². The highest BCUT2D eigenvalue weighted by atomic mass is 16.5. The molecule has 1 rings (SSSR count). The molecule has 5 atom stereocenters. The van der Waals surface area contributed by atoms with Gasteiger partial charge in [0, 0.05) is 12.6 Å². The van der Waals surface area contributed by atoms with Crippen LogP contribution in [0.15, 0.2) is 0 Å². The summed E-state index contributed by atoms with van der Waals surface area (Å²) in [6.45, 7) is 13.6.